The van der Waals surface area contributed by atoms with Crippen molar-refractivity contribution < 1.29 is 9.47 Å². The van der Waals surface area contributed by atoms with Crippen LogP contribution in [0.25, 0.3) is 0 Å². The van der Waals surface area contributed by atoms with Crippen LogP contribution >= 0.6 is 0 Å². The smallest absolute Gasteiger partial charge is 0.211 e. The van der Waals surface area contributed by atoms with E-state index in [0.717, 1.165) is 17.7 Å². The van der Waals surface area contributed by atoms with Crippen LogP contribution in [0.4, 0.5) is 0 Å². The summed E-state index contributed by atoms with van der Waals surface area (Å²) in [4.78, 5) is 0. The number of hydrogen-bond donors (Lipinski definition) is 2. The molecule has 0 unspecified atom stereocenters. The number of ether oxygens (including phenoxy) is 2. The number of hydrogen-bond acceptors (Lipinski definition) is 4. The monoisotopic (exact) mass is 306 g/mol. The molecular formula is C16H26N4O2. The third-order valence-electron chi connectivity index (χ3n) is 2.90. The van der Waals surface area contributed by atoms with Crippen LogP contribution in [-0.4, -0.2) is 25.4 Å². The Morgan fingerprint density at radius 1 is 1.09 bits per heavy atom. The van der Waals surface area contributed by atoms with Gasteiger partial charge in [0, 0.05) is 0 Å². The van der Waals surface area contributed by atoms with E-state index in [1.54, 1.807) is 6.21 Å². The Kier molecular flexibility index (Phi) is 8.49. The number of nitrogens with zero attached hydrogens (tertiary/aromatic N) is 2. The second-order valence-corrected chi connectivity index (χ2v) is 4.82. The minimum atomic E-state index is -0.0756. The second kappa shape index (κ2) is 10.5. The van der Waals surface area contributed by atoms with E-state index in [1.165, 1.54) is 19.3 Å². The molecule has 0 aliphatic rings. The fraction of sp³-hybridized carbons (Fsp3) is 0.500. The van der Waals surface area contributed by atoms with E-state index in [0.29, 0.717) is 19.0 Å². The van der Waals surface area contributed by atoms with E-state index < -0.39 is 0 Å². The number of unbranched alkanes of at least 4 members (excludes halogenated alkanes) is 3. The van der Waals surface area contributed by atoms with Crippen molar-refractivity contribution in [1.82, 2.24) is 0 Å². The first kappa shape index (κ1) is 17.8. The highest BCUT2D eigenvalue weighted by Gasteiger charge is 2.05. The summed E-state index contributed by atoms with van der Waals surface area (Å²) in [5.74, 6) is 1.37. The van der Waals surface area contributed by atoms with Crippen molar-refractivity contribution in [2.45, 2.75) is 39.5 Å². The lowest BCUT2D eigenvalue weighted by molar-refractivity contribution is 0.270. The minimum absolute atomic E-state index is 0.0756. The molecule has 1 aromatic rings. The Morgan fingerprint density at radius 2 is 1.91 bits per heavy atom. The predicted molar refractivity (Wildman–Crippen MR) is 90.7 cm³/mol. The lowest BCUT2D eigenvalue weighted by Gasteiger charge is -2.12. The largest absolute Gasteiger partial charge is 0.490 e. The van der Waals surface area contributed by atoms with Crippen molar-refractivity contribution in [3.05, 3.63) is 23.8 Å². The van der Waals surface area contributed by atoms with Crippen LogP contribution in [0.5, 0.6) is 11.5 Å². The minimum Gasteiger partial charge on any atom is -0.490 e. The van der Waals surface area contributed by atoms with Crippen molar-refractivity contribution in [3.63, 3.8) is 0 Å². The average molecular weight is 306 g/mol. The van der Waals surface area contributed by atoms with E-state index in [4.69, 9.17) is 20.9 Å². The van der Waals surface area contributed by atoms with Gasteiger partial charge in [-0.1, -0.05) is 26.2 Å². The molecule has 0 radical (unpaired) electrons. The molecule has 0 spiro atoms. The molecule has 0 bridgehead atoms. The molecule has 6 heteroatoms. The Bertz CT molecular complexity index is 497. The fourth-order valence-corrected chi connectivity index (χ4v) is 1.87. The van der Waals surface area contributed by atoms with Gasteiger partial charge >= 0.3 is 0 Å². The molecule has 0 aliphatic heterocycles. The second-order valence-electron chi connectivity index (χ2n) is 4.82. The molecule has 0 heterocycles. The van der Waals surface area contributed by atoms with Gasteiger partial charge in [-0.15, -0.1) is 5.10 Å². The molecule has 0 aliphatic carbocycles. The summed E-state index contributed by atoms with van der Waals surface area (Å²) < 4.78 is 11.4. The van der Waals surface area contributed by atoms with Crippen LogP contribution in [0.2, 0.25) is 0 Å². The lowest BCUT2D eigenvalue weighted by Crippen LogP contribution is -2.21. The lowest BCUT2D eigenvalue weighted by atomic mass is 10.2. The van der Waals surface area contributed by atoms with Gasteiger partial charge in [0.05, 0.1) is 19.4 Å². The van der Waals surface area contributed by atoms with Crippen LogP contribution in [0, 0.1) is 0 Å². The molecule has 22 heavy (non-hydrogen) atoms. The fourth-order valence-electron chi connectivity index (χ4n) is 1.87. The van der Waals surface area contributed by atoms with Gasteiger partial charge in [-0.25, -0.2) is 0 Å². The summed E-state index contributed by atoms with van der Waals surface area (Å²) in [7, 11) is 0. The van der Waals surface area contributed by atoms with Gasteiger partial charge < -0.3 is 20.9 Å². The molecule has 0 aromatic heterocycles. The van der Waals surface area contributed by atoms with E-state index in [-0.39, 0.29) is 5.96 Å². The summed E-state index contributed by atoms with van der Waals surface area (Å²) in [6.07, 6.45) is 6.25. The molecular weight excluding hydrogens is 280 g/mol. The standard InChI is InChI=1S/C16H26N4O2/c1-3-5-6-7-10-22-14-9-8-13(11-15(14)21-4-2)12-19-20-16(17)18/h8-9,11-12H,3-7,10H2,1-2H3,(H4,17,18,20)/b19-12+. The number of guanidine groups is 1. The first-order chi connectivity index (χ1) is 10.7. The number of benzene rings is 1. The molecule has 0 atom stereocenters. The first-order valence-electron chi connectivity index (χ1n) is 7.69. The molecule has 122 valence electrons. The van der Waals surface area contributed by atoms with E-state index in [9.17, 15) is 0 Å². The molecule has 6 nitrogen and oxygen atoms in total. The van der Waals surface area contributed by atoms with Crippen molar-refractivity contribution in [3.8, 4) is 11.5 Å². The zero-order chi connectivity index (χ0) is 16.2. The highest BCUT2D eigenvalue weighted by molar-refractivity contribution is 5.82. The highest BCUT2D eigenvalue weighted by Crippen LogP contribution is 2.28. The van der Waals surface area contributed by atoms with Gasteiger partial charge in [-0.05, 0) is 37.1 Å². The summed E-state index contributed by atoms with van der Waals surface area (Å²) in [5, 5.41) is 7.35. The van der Waals surface area contributed by atoms with E-state index >= 15 is 0 Å². The van der Waals surface area contributed by atoms with Gasteiger partial charge in [0.2, 0.25) is 5.96 Å². The predicted octanol–water partition coefficient (Wildman–Crippen LogP) is 2.65. The van der Waals surface area contributed by atoms with Crippen molar-refractivity contribution in [1.29, 1.82) is 0 Å². The normalized spacial score (nSPS) is 10.6. The third kappa shape index (κ3) is 6.97. The molecule has 1 aromatic carbocycles. The third-order valence-corrected chi connectivity index (χ3v) is 2.90. The highest BCUT2D eigenvalue weighted by atomic mass is 16.5. The first-order valence-corrected chi connectivity index (χ1v) is 7.69. The Hall–Kier alpha value is -2.24. The van der Waals surface area contributed by atoms with Gasteiger partial charge in [0.15, 0.2) is 11.5 Å². The van der Waals surface area contributed by atoms with Crippen molar-refractivity contribution >= 4 is 12.2 Å². The molecule has 0 fully saturated rings. The zero-order valence-corrected chi connectivity index (χ0v) is 13.4. The van der Waals surface area contributed by atoms with E-state index in [1.807, 2.05) is 25.1 Å². The van der Waals surface area contributed by atoms with Crippen LogP contribution in [0.1, 0.15) is 45.1 Å². The number of nitrogens with two attached hydrogens (primary N) is 2. The Labute approximate surface area is 132 Å². The maximum Gasteiger partial charge on any atom is 0.211 e. The van der Waals surface area contributed by atoms with Crippen LogP contribution in [-0.2, 0) is 0 Å². The van der Waals surface area contributed by atoms with Gasteiger partial charge in [0.1, 0.15) is 0 Å². The quantitative estimate of drug-likeness (QED) is 0.301. The summed E-state index contributed by atoms with van der Waals surface area (Å²) in [5.41, 5.74) is 11.3. The molecule has 0 amide bonds. The van der Waals surface area contributed by atoms with E-state index in [2.05, 4.69) is 17.1 Å². The van der Waals surface area contributed by atoms with Crippen molar-refractivity contribution in [2.75, 3.05) is 13.2 Å². The van der Waals surface area contributed by atoms with Gasteiger partial charge in [0.25, 0.3) is 0 Å². The summed E-state index contributed by atoms with van der Waals surface area (Å²) in [6.45, 7) is 5.39. The molecule has 0 saturated carbocycles. The van der Waals surface area contributed by atoms with Crippen LogP contribution in [0.15, 0.2) is 28.4 Å². The molecule has 4 N–H and O–H groups in total. The van der Waals surface area contributed by atoms with Crippen LogP contribution in [0.3, 0.4) is 0 Å². The van der Waals surface area contributed by atoms with Crippen molar-refractivity contribution in [2.24, 2.45) is 21.7 Å². The average Bonchev–Trinajstić information content (AvgIpc) is 2.49. The van der Waals surface area contributed by atoms with Gasteiger partial charge in [-0.2, -0.15) is 5.10 Å². The van der Waals surface area contributed by atoms with Gasteiger partial charge in [-0.3, -0.25) is 0 Å². The topological polar surface area (TPSA) is 95.2 Å². The zero-order valence-electron chi connectivity index (χ0n) is 13.4. The molecule has 1 rings (SSSR count). The molecule has 0 saturated heterocycles. The van der Waals surface area contributed by atoms with Crippen LogP contribution < -0.4 is 20.9 Å². The number of rotatable bonds is 10. The maximum absolute atomic E-state index is 5.80. The summed E-state index contributed by atoms with van der Waals surface area (Å²) >= 11 is 0. The SMILES string of the molecule is CCCCCCOc1ccc(/C=N/N=C(N)N)cc1OCC. The Morgan fingerprint density at radius 3 is 2.59 bits per heavy atom. The summed E-state index contributed by atoms with van der Waals surface area (Å²) in [6, 6.07) is 5.62. The maximum atomic E-state index is 5.80. The Balaban J connectivity index is 2.68.